The van der Waals surface area contributed by atoms with Crippen molar-refractivity contribution in [2.45, 2.75) is 6.54 Å². The van der Waals surface area contributed by atoms with Crippen molar-refractivity contribution in [1.29, 1.82) is 0 Å². The minimum atomic E-state index is -0.0199. The van der Waals surface area contributed by atoms with E-state index in [4.69, 9.17) is 5.11 Å². The molecule has 0 aliphatic carbocycles. The number of phenolic OH excluding ortho intramolecular Hbond substituents is 1. The Morgan fingerprint density at radius 3 is 2.50 bits per heavy atom. The molecule has 0 fully saturated rings. The van der Waals surface area contributed by atoms with Gasteiger partial charge in [-0.1, -0.05) is 12.1 Å². The lowest BCUT2D eigenvalue weighted by Gasteiger charge is -2.06. The van der Waals surface area contributed by atoms with E-state index in [1.54, 1.807) is 28.8 Å². The summed E-state index contributed by atoms with van der Waals surface area (Å²) >= 11 is 2.17. The largest absolute Gasteiger partial charge is 0.508 e. The molecular formula is C12H10INO2. The van der Waals surface area contributed by atoms with Gasteiger partial charge in [-0.25, -0.2) is 0 Å². The van der Waals surface area contributed by atoms with Gasteiger partial charge in [-0.05, 0) is 46.4 Å². The van der Waals surface area contributed by atoms with Gasteiger partial charge < -0.3 is 9.67 Å². The zero-order valence-corrected chi connectivity index (χ0v) is 10.6. The highest BCUT2D eigenvalue weighted by Crippen LogP contribution is 2.10. The quantitative estimate of drug-likeness (QED) is 0.860. The first-order valence-corrected chi connectivity index (χ1v) is 5.87. The highest BCUT2D eigenvalue weighted by molar-refractivity contribution is 14.1. The number of aromatic hydroxyl groups is 1. The molecule has 0 saturated carbocycles. The van der Waals surface area contributed by atoms with E-state index >= 15 is 0 Å². The lowest BCUT2D eigenvalue weighted by atomic mass is 10.2. The van der Waals surface area contributed by atoms with E-state index < -0.39 is 0 Å². The summed E-state index contributed by atoms with van der Waals surface area (Å²) in [6.45, 7) is 0.524. The van der Waals surface area contributed by atoms with Crippen LogP contribution in [0.1, 0.15) is 5.56 Å². The Morgan fingerprint density at radius 2 is 1.81 bits per heavy atom. The standard InChI is InChI=1S/C12H10INO2/c13-10-3-6-12(16)14(8-10)7-9-1-4-11(15)5-2-9/h1-6,8,15H,7H2. The monoisotopic (exact) mass is 327 g/mol. The number of halogens is 1. The number of phenols is 1. The first-order chi connectivity index (χ1) is 7.65. The zero-order valence-electron chi connectivity index (χ0n) is 8.43. The van der Waals surface area contributed by atoms with Crippen molar-refractivity contribution in [3.63, 3.8) is 0 Å². The summed E-state index contributed by atoms with van der Waals surface area (Å²) in [6.07, 6.45) is 1.82. The molecule has 0 atom stereocenters. The van der Waals surface area contributed by atoms with Gasteiger partial charge in [-0.15, -0.1) is 0 Å². The summed E-state index contributed by atoms with van der Waals surface area (Å²) in [6, 6.07) is 10.2. The highest BCUT2D eigenvalue weighted by atomic mass is 127. The van der Waals surface area contributed by atoms with Crippen LogP contribution in [0.15, 0.2) is 47.4 Å². The second-order valence-electron chi connectivity index (χ2n) is 3.48. The van der Waals surface area contributed by atoms with Gasteiger partial charge in [0.05, 0.1) is 6.54 Å². The molecule has 1 heterocycles. The molecule has 0 aliphatic heterocycles. The van der Waals surface area contributed by atoms with Crippen LogP contribution in [0.5, 0.6) is 5.75 Å². The summed E-state index contributed by atoms with van der Waals surface area (Å²) < 4.78 is 2.67. The van der Waals surface area contributed by atoms with Crippen LogP contribution in [0.2, 0.25) is 0 Å². The van der Waals surface area contributed by atoms with Crippen LogP contribution in [0.25, 0.3) is 0 Å². The minimum Gasteiger partial charge on any atom is -0.508 e. The molecule has 4 heteroatoms. The number of benzene rings is 1. The first-order valence-electron chi connectivity index (χ1n) is 4.79. The lowest BCUT2D eigenvalue weighted by Crippen LogP contribution is -2.19. The molecule has 1 aromatic heterocycles. The van der Waals surface area contributed by atoms with Crippen LogP contribution in [0, 0.1) is 3.57 Å². The number of nitrogens with zero attached hydrogens (tertiary/aromatic N) is 1. The Balaban J connectivity index is 2.30. The number of hydrogen-bond acceptors (Lipinski definition) is 2. The van der Waals surface area contributed by atoms with Crippen LogP contribution in [0.3, 0.4) is 0 Å². The van der Waals surface area contributed by atoms with Gasteiger partial charge in [0.2, 0.25) is 0 Å². The third-order valence-corrected chi connectivity index (χ3v) is 2.87. The third-order valence-electron chi connectivity index (χ3n) is 2.24. The van der Waals surface area contributed by atoms with Crippen LogP contribution in [0.4, 0.5) is 0 Å². The maximum Gasteiger partial charge on any atom is 0.250 e. The average molecular weight is 327 g/mol. The van der Waals surface area contributed by atoms with E-state index in [1.807, 2.05) is 18.3 Å². The second-order valence-corrected chi connectivity index (χ2v) is 4.73. The molecule has 1 aromatic carbocycles. The molecule has 16 heavy (non-hydrogen) atoms. The van der Waals surface area contributed by atoms with Crippen molar-refractivity contribution < 1.29 is 5.11 Å². The van der Waals surface area contributed by atoms with E-state index in [-0.39, 0.29) is 11.3 Å². The van der Waals surface area contributed by atoms with Crippen molar-refractivity contribution >= 4 is 22.6 Å². The number of rotatable bonds is 2. The van der Waals surface area contributed by atoms with Gasteiger partial charge in [0.1, 0.15) is 5.75 Å². The Bertz CT molecular complexity index is 546. The fourth-order valence-electron chi connectivity index (χ4n) is 1.42. The van der Waals surface area contributed by atoms with Gasteiger partial charge in [0.15, 0.2) is 0 Å². The molecule has 0 saturated heterocycles. The Kier molecular flexibility index (Phi) is 3.28. The molecule has 1 N–H and O–H groups in total. The molecule has 0 aliphatic rings. The fraction of sp³-hybridized carbons (Fsp3) is 0.0833. The van der Waals surface area contributed by atoms with E-state index in [0.717, 1.165) is 9.13 Å². The van der Waals surface area contributed by atoms with Gasteiger partial charge in [-0.2, -0.15) is 0 Å². The molecule has 0 unspecified atom stereocenters. The van der Waals surface area contributed by atoms with Gasteiger partial charge in [0.25, 0.3) is 5.56 Å². The smallest absolute Gasteiger partial charge is 0.250 e. The maximum absolute atomic E-state index is 11.6. The number of aromatic nitrogens is 1. The Labute approximate surface area is 107 Å². The fourth-order valence-corrected chi connectivity index (χ4v) is 1.94. The van der Waals surface area contributed by atoms with Crippen molar-refractivity contribution in [2.24, 2.45) is 0 Å². The molecule has 0 bridgehead atoms. The summed E-state index contributed by atoms with van der Waals surface area (Å²) in [5.74, 6) is 0.235. The molecule has 3 nitrogen and oxygen atoms in total. The number of hydrogen-bond donors (Lipinski definition) is 1. The predicted octanol–water partition coefficient (Wildman–Crippen LogP) is 2.21. The van der Waals surface area contributed by atoms with Crippen LogP contribution >= 0.6 is 22.6 Å². The maximum atomic E-state index is 11.6. The Morgan fingerprint density at radius 1 is 1.12 bits per heavy atom. The van der Waals surface area contributed by atoms with E-state index in [0.29, 0.717) is 6.54 Å². The molecule has 2 rings (SSSR count). The third kappa shape index (κ3) is 2.63. The SMILES string of the molecule is O=c1ccc(I)cn1Cc1ccc(O)cc1. The van der Waals surface area contributed by atoms with Crippen molar-refractivity contribution in [2.75, 3.05) is 0 Å². The second kappa shape index (κ2) is 4.69. The molecule has 0 spiro atoms. The Hall–Kier alpha value is -1.30. The molecule has 0 amide bonds. The van der Waals surface area contributed by atoms with Gasteiger partial charge in [-0.3, -0.25) is 4.79 Å². The van der Waals surface area contributed by atoms with Crippen molar-refractivity contribution in [3.05, 3.63) is 62.1 Å². The highest BCUT2D eigenvalue weighted by Gasteiger charge is 1.99. The van der Waals surface area contributed by atoms with Crippen LogP contribution in [-0.4, -0.2) is 9.67 Å². The summed E-state index contributed by atoms with van der Waals surface area (Å²) in [5.41, 5.74) is 0.968. The normalized spacial score (nSPS) is 10.3. The van der Waals surface area contributed by atoms with Crippen molar-refractivity contribution in [1.82, 2.24) is 4.57 Å². The molecular weight excluding hydrogens is 317 g/mol. The zero-order chi connectivity index (χ0) is 11.5. The molecule has 0 radical (unpaired) electrons. The summed E-state index contributed by atoms with van der Waals surface area (Å²) in [7, 11) is 0. The lowest BCUT2D eigenvalue weighted by molar-refractivity contribution is 0.475. The first kappa shape index (κ1) is 11.2. The average Bonchev–Trinajstić information content (AvgIpc) is 2.27. The van der Waals surface area contributed by atoms with E-state index in [1.165, 1.54) is 0 Å². The molecule has 82 valence electrons. The van der Waals surface area contributed by atoms with Gasteiger partial charge in [0, 0.05) is 15.8 Å². The van der Waals surface area contributed by atoms with Crippen LogP contribution in [-0.2, 0) is 6.54 Å². The van der Waals surface area contributed by atoms with Gasteiger partial charge >= 0.3 is 0 Å². The molecule has 2 aromatic rings. The topological polar surface area (TPSA) is 42.2 Å². The van der Waals surface area contributed by atoms with E-state index in [9.17, 15) is 4.79 Å². The number of pyridine rings is 1. The van der Waals surface area contributed by atoms with Crippen molar-refractivity contribution in [3.8, 4) is 5.75 Å². The van der Waals surface area contributed by atoms with E-state index in [2.05, 4.69) is 22.6 Å². The predicted molar refractivity (Wildman–Crippen MR) is 70.6 cm³/mol. The summed E-state index contributed by atoms with van der Waals surface area (Å²) in [5, 5.41) is 9.15. The van der Waals surface area contributed by atoms with Crippen LogP contribution < -0.4 is 5.56 Å². The minimum absolute atomic E-state index is 0.0199. The summed E-state index contributed by atoms with van der Waals surface area (Å²) in [4.78, 5) is 11.6.